The van der Waals surface area contributed by atoms with Crippen molar-refractivity contribution in [1.29, 1.82) is 0 Å². The average Bonchev–Trinajstić information content (AvgIpc) is 3.48. The number of nitrogen functional groups attached to an aromatic ring is 2. The van der Waals surface area contributed by atoms with Gasteiger partial charge in [-0.05, 0) is 36.8 Å². The van der Waals surface area contributed by atoms with Crippen LogP contribution in [0.1, 0.15) is 35.3 Å². The maximum Gasteiger partial charge on any atom is 0.170 e. The van der Waals surface area contributed by atoms with Gasteiger partial charge in [0.25, 0.3) is 0 Å². The summed E-state index contributed by atoms with van der Waals surface area (Å²) in [5.41, 5.74) is 14.4. The van der Waals surface area contributed by atoms with Crippen LogP contribution < -0.4 is 11.5 Å². The van der Waals surface area contributed by atoms with E-state index in [1.54, 1.807) is 28.8 Å². The Bertz CT molecular complexity index is 917. The number of fused-ring (bicyclic) bond motifs is 1. The lowest BCUT2D eigenvalue weighted by Crippen LogP contribution is -1.97. The third-order valence-corrected chi connectivity index (χ3v) is 3.82. The summed E-state index contributed by atoms with van der Waals surface area (Å²) in [6, 6.07) is 6.37. The maximum absolute atomic E-state index is 14.1. The highest BCUT2D eigenvalue weighted by Gasteiger charge is 2.12. The van der Waals surface area contributed by atoms with Crippen molar-refractivity contribution in [2.24, 2.45) is 0 Å². The molecule has 0 amide bonds. The maximum atomic E-state index is 14.1. The normalized spacial score (nSPS) is 11.8. The van der Waals surface area contributed by atoms with E-state index in [4.69, 9.17) is 11.5 Å². The minimum atomic E-state index is -0.418. The van der Waals surface area contributed by atoms with E-state index < -0.39 is 5.82 Å². The second kappa shape index (κ2) is 8.42. The molecule has 0 bridgehead atoms. The number of alkyl halides is 1. The highest BCUT2D eigenvalue weighted by atomic mass is 19.1. The molecule has 2 aromatic heterocycles. The van der Waals surface area contributed by atoms with Gasteiger partial charge in [0.1, 0.15) is 17.2 Å². The lowest BCUT2D eigenvalue weighted by Gasteiger charge is -2.08. The Balaban J connectivity index is 0.000000429. The van der Waals surface area contributed by atoms with Crippen molar-refractivity contribution in [3.63, 3.8) is 0 Å². The molecule has 3 aromatic rings. The van der Waals surface area contributed by atoms with Gasteiger partial charge < -0.3 is 11.5 Å². The third-order valence-electron chi connectivity index (χ3n) is 3.82. The zero-order valence-corrected chi connectivity index (χ0v) is 14.8. The molecular formula is C19H22F2N4O. The van der Waals surface area contributed by atoms with Gasteiger partial charge in [-0.25, -0.2) is 9.37 Å². The van der Waals surface area contributed by atoms with E-state index in [0.29, 0.717) is 35.9 Å². The molecule has 0 unspecified atom stereocenters. The predicted molar refractivity (Wildman–Crippen MR) is 100 cm³/mol. The number of aromatic nitrogens is 2. The van der Waals surface area contributed by atoms with Crippen molar-refractivity contribution < 1.29 is 13.6 Å². The Hall–Kier alpha value is -2.96. The molecule has 4 N–H and O–H groups in total. The molecule has 0 atom stereocenters. The Labute approximate surface area is 150 Å². The number of aldehydes is 1. The third kappa shape index (κ3) is 4.17. The number of imidazole rings is 1. The molecule has 138 valence electrons. The zero-order valence-electron chi connectivity index (χ0n) is 14.8. The number of carbonyl (C=O) groups is 1. The summed E-state index contributed by atoms with van der Waals surface area (Å²) in [6.07, 6.45) is 6.76. The van der Waals surface area contributed by atoms with Gasteiger partial charge in [-0.2, -0.15) is 0 Å². The molecular weight excluding hydrogens is 338 g/mol. The number of pyridine rings is 1. The molecule has 1 aromatic carbocycles. The number of anilines is 2. The largest absolute Gasteiger partial charge is 0.398 e. The van der Waals surface area contributed by atoms with Crippen molar-refractivity contribution in [1.82, 2.24) is 9.38 Å². The van der Waals surface area contributed by atoms with Crippen LogP contribution in [0, 0.1) is 12.7 Å². The summed E-state index contributed by atoms with van der Waals surface area (Å²) >= 11 is 0. The summed E-state index contributed by atoms with van der Waals surface area (Å²) in [7, 11) is 0.500. The van der Waals surface area contributed by atoms with Gasteiger partial charge in [0, 0.05) is 23.0 Å². The molecule has 0 aliphatic heterocycles. The minimum absolute atomic E-state index is 0.149. The molecule has 1 saturated carbocycles. The van der Waals surface area contributed by atoms with Crippen LogP contribution in [0.3, 0.4) is 0 Å². The minimum Gasteiger partial charge on any atom is -0.398 e. The summed E-state index contributed by atoms with van der Waals surface area (Å²) in [4.78, 5) is 15.2. The van der Waals surface area contributed by atoms with Crippen molar-refractivity contribution in [3.8, 4) is 11.1 Å². The fourth-order valence-electron chi connectivity index (χ4n) is 2.28. The number of halogens is 2. The molecule has 4 rings (SSSR count). The highest BCUT2D eigenvalue weighted by molar-refractivity contribution is 5.82. The molecule has 0 spiro atoms. The number of benzene rings is 1. The number of nitrogens with zero attached hydrogens (tertiary/aromatic N) is 2. The first-order valence-corrected chi connectivity index (χ1v) is 8.18. The van der Waals surface area contributed by atoms with Crippen LogP contribution in [0.5, 0.6) is 0 Å². The monoisotopic (exact) mass is 360 g/mol. The molecule has 1 aliphatic rings. The quantitative estimate of drug-likeness (QED) is 0.530. The van der Waals surface area contributed by atoms with Crippen molar-refractivity contribution in [2.75, 3.05) is 18.6 Å². The van der Waals surface area contributed by atoms with Crippen LogP contribution >= 0.6 is 0 Å². The first-order valence-electron chi connectivity index (χ1n) is 8.18. The molecule has 0 saturated heterocycles. The number of rotatable bonds is 2. The fourth-order valence-corrected chi connectivity index (χ4v) is 2.28. The molecule has 1 aliphatic carbocycles. The van der Waals surface area contributed by atoms with E-state index in [2.05, 4.69) is 4.98 Å². The Kier molecular flexibility index (Phi) is 6.27. The molecule has 2 heterocycles. The van der Waals surface area contributed by atoms with Gasteiger partial charge in [0.15, 0.2) is 12.1 Å². The summed E-state index contributed by atoms with van der Waals surface area (Å²) in [5.74, 6) is -0.269. The number of hydrogen-bond acceptors (Lipinski definition) is 4. The highest BCUT2D eigenvalue weighted by Crippen LogP contribution is 2.28. The van der Waals surface area contributed by atoms with Crippen molar-refractivity contribution >= 4 is 23.4 Å². The number of hydrogen-bond donors (Lipinski definition) is 2. The topological polar surface area (TPSA) is 86.4 Å². The van der Waals surface area contributed by atoms with E-state index in [0.717, 1.165) is 5.56 Å². The lowest BCUT2D eigenvalue weighted by atomic mass is 10.0. The second-order valence-corrected chi connectivity index (χ2v) is 5.90. The van der Waals surface area contributed by atoms with Crippen LogP contribution in [-0.4, -0.2) is 22.8 Å². The van der Waals surface area contributed by atoms with Crippen LogP contribution in [-0.2, 0) is 0 Å². The smallest absolute Gasteiger partial charge is 0.170 e. The van der Waals surface area contributed by atoms with E-state index in [9.17, 15) is 13.6 Å². The van der Waals surface area contributed by atoms with Crippen LogP contribution in [0.15, 0.2) is 30.5 Å². The standard InChI is InChI=1S/C15H13FN4O.C3H6.CH3F/c1-8-4-10(11(16)5-12(8)17)9-2-3-14-19-15(18)13(7-21)20(14)6-9;1-2-3-1;1-2/h2-7H,17-18H2,1H3;1-3H2;1H3. The lowest BCUT2D eigenvalue weighted by molar-refractivity contribution is 0.111. The first kappa shape index (κ1) is 19.4. The molecule has 5 nitrogen and oxygen atoms in total. The average molecular weight is 360 g/mol. The SMILES string of the molecule is C1CC1.CF.Cc1cc(-c2ccc3nc(N)c(C=O)n3c2)c(F)cc1N. The second-order valence-electron chi connectivity index (χ2n) is 5.90. The molecule has 0 radical (unpaired) electrons. The Morgan fingerprint density at radius 1 is 1.15 bits per heavy atom. The number of carbonyl (C=O) groups excluding carboxylic acids is 1. The van der Waals surface area contributed by atoms with Gasteiger partial charge in [0.05, 0.1) is 7.18 Å². The fraction of sp³-hybridized carbons (Fsp3) is 0.263. The van der Waals surface area contributed by atoms with Crippen molar-refractivity contribution in [2.45, 2.75) is 26.2 Å². The Morgan fingerprint density at radius 2 is 1.81 bits per heavy atom. The van der Waals surface area contributed by atoms with Gasteiger partial charge >= 0.3 is 0 Å². The van der Waals surface area contributed by atoms with E-state index in [-0.39, 0.29) is 11.5 Å². The predicted octanol–water partition coefficient (Wildman–Crippen LogP) is 4.18. The van der Waals surface area contributed by atoms with Crippen molar-refractivity contribution in [3.05, 3.63) is 47.5 Å². The van der Waals surface area contributed by atoms with E-state index in [1.807, 2.05) is 6.92 Å². The van der Waals surface area contributed by atoms with Gasteiger partial charge in [0.2, 0.25) is 0 Å². The van der Waals surface area contributed by atoms with E-state index >= 15 is 0 Å². The molecule has 1 fully saturated rings. The molecule has 26 heavy (non-hydrogen) atoms. The Morgan fingerprint density at radius 3 is 2.38 bits per heavy atom. The van der Waals surface area contributed by atoms with E-state index in [1.165, 1.54) is 25.3 Å². The summed E-state index contributed by atoms with van der Waals surface area (Å²) < 4.78 is 25.1. The van der Waals surface area contributed by atoms with Crippen LogP contribution in [0.2, 0.25) is 0 Å². The zero-order chi connectivity index (χ0) is 19.3. The first-order chi connectivity index (χ1) is 12.5. The summed E-state index contributed by atoms with van der Waals surface area (Å²) in [6.45, 7) is 1.81. The van der Waals surface area contributed by atoms with Gasteiger partial charge in [-0.3, -0.25) is 13.6 Å². The van der Waals surface area contributed by atoms with Crippen LogP contribution in [0.25, 0.3) is 16.8 Å². The van der Waals surface area contributed by atoms with Gasteiger partial charge in [-0.15, -0.1) is 0 Å². The summed E-state index contributed by atoms with van der Waals surface area (Å²) in [5, 5.41) is 0. The number of nitrogens with two attached hydrogens (primary N) is 2. The molecule has 7 heteroatoms. The van der Waals surface area contributed by atoms with Crippen LogP contribution in [0.4, 0.5) is 20.3 Å². The van der Waals surface area contributed by atoms with Gasteiger partial charge in [-0.1, -0.05) is 19.3 Å². The number of aryl methyl sites for hydroxylation is 1.